The normalized spacial score (nSPS) is 15.5. The molecule has 24 heavy (non-hydrogen) atoms. The summed E-state index contributed by atoms with van der Waals surface area (Å²) in [7, 11) is 0. The van der Waals surface area contributed by atoms with Gasteiger partial charge in [0.15, 0.2) is 0 Å². The molecule has 7 nitrogen and oxygen atoms in total. The predicted molar refractivity (Wildman–Crippen MR) is 89.2 cm³/mol. The quantitative estimate of drug-likeness (QED) is 0.879. The van der Waals surface area contributed by atoms with Gasteiger partial charge in [0.1, 0.15) is 0 Å². The van der Waals surface area contributed by atoms with E-state index in [-0.39, 0.29) is 12.1 Å². The first-order valence-corrected chi connectivity index (χ1v) is 8.26. The number of rotatable bonds is 5. The van der Waals surface area contributed by atoms with Crippen LogP contribution in [0.15, 0.2) is 30.5 Å². The van der Waals surface area contributed by atoms with Crippen molar-refractivity contribution < 1.29 is 9.53 Å². The van der Waals surface area contributed by atoms with Gasteiger partial charge in [0.05, 0.1) is 30.6 Å². The van der Waals surface area contributed by atoms with Gasteiger partial charge in [-0.05, 0) is 38.0 Å². The number of pyridine rings is 1. The standard InChI is InChI=1S/C17H23N5O2/c1-13-10-15(21-20-13)11-19-17(23)22-8-5-16(6-9-22)24-12-14-4-2-3-7-18-14/h2-4,7,10,16H,5-6,8-9,11-12H2,1H3,(H,19,23)(H,20,21). The van der Waals surface area contributed by atoms with E-state index in [1.54, 1.807) is 6.20 Å². The average molecular weight is 329 g/mol. The van der Waals surface area contributed by atoms with E-state index in [4.69, 9.17) is 4.74 Å². The Labute approximate surface area is 141 Å². The smallest absolute Gasteiger partial charge is 0.317 e. The van der Waals surface area contributed by atoms with Crippen LogP contribution in [-0.2, 0) is 17.9 Å². The number of ether oxygens (including phenoxy) is 1. The van der Waals surface area contributed by atoms with E-state index in [1.807, 2.05) is 36.1 Å². The van der Waals surface area contributed by atoms with E-state index in [9.17, 15) is 4.79 Å². The number of carbonyl (C=O) groups is 1. The molecule has 3 rings (SSSR count). The topological polar surface area (TPSA) is 83.1 Å². The zero-order valence-corrected chi connectivity index (χ0v) is 13.9. The number of carbonyl (C=O) groups excluding carboxylic acids is 1. The van der Waals surface area contributed by atoms with Crippen molar-refractivity contribution in [2.75, 3.05) is 13.1 Å². The minimum Gasteiger partial charge on any atom is -0.372 e. The molecule has 2 N–H and O–H groups in total. The van der Waals surface area contributed by atoms with E-state index in [1.165, 1.54) is 0 Å². The van der Waals surface area contributed by atoms with Crippen LogP contribution in [0.3, 0.4) is 0 Å². The largest absolute Gasteiger partial charge is 0.372 e. The summed E-state index contributed by atoms with van der Waals surface area (Å²) in [5.41, 5.74) is 2.77. The third-order valence-electron chi connectivity index (χ3n) is 4.10. The molecule has 0 atom stereocenters. The van der Waals surface area contributed by atoms with Gasteiger partial charge < -0.3 is 15.0 Å². The van der Waals surface area contributed by atoms with E-state index >= 15 is 0 Å². The second-order valence-corrected chi connectivity index (χ2v) is 6.02. The van der Waals surface area contributed by atoms with Crippen molar-refractivity contribution in [2.45, 2.75) is 39.0 Å². The molecule has 2 amide bonds. The molecule has 1 aliphatic heterocycles. The molecular weight excluding hydrogens is 306 g/mol. The van der Waals surface area contributed by atoms with Crippen LogP contribution < -0.4 is 5.32 Å². The molecule has 2 aromatic heterocycles. The SMILES string of the molecule is Cc1cc(CNC(=O)N2CCC(OCc3ccccn3)CC2)n[nH]1. The fraction of sp³-hybridized carbons (Fsp3) is 0.471. The summed E-state index contributed by atoms with van der Waals surface area (Å²) >= 11 is 0. The van der Waals surface area contributed by atoms with Gasteiger partial charge in [-0.3, -0.25) is 10.1 Å². The zero-order valence-electron chi connectivity index (χ0n) is 13.9. The third-order valence-corrected chi connectivity index (χ3v) is 4.10. The first kappa shape index (κ1) is 16.4. The maximum absolute atomic E-state index is 12.2. The average Bonchev–Trinajstić information content (AvgIpc) is 3.04. The number of hydrogen-bond donors (Lipinski definition) is 2. The van der Waals surface area contributed by atoms with Gasteiger partial charge in [-0.25, -0.2) is 4.79 Å². The molecule has 0 aliphatic carbocycles. The van der Waals surface area contributed by atoms with Crippen molar-refractivity contribution in [3.05, 3.63) is 47.5 Å². The van der Waals surface area contributed by atoms with Crippen molar-refractivity contribution in [3.8, 4) is 0 Å². The fourth-order valence-corrected chi connectivity index (χ4v) is 2.76. The number of nitrogens with zero attached hydrogens (tertiary/aromatic N) is 3. The number of nitrogens with one attached hydrogen (secondary N) is 2. The van der Waals surface area contributed by atoms with Gasteiger partial charge in [-0.1, -0.05) is 6.07 Å². The molecule has 0 radical (unpaired) electrons. The molecular formula is C17H23N5O2. The molecule has 0 bridgehead atoms. The number of aryl methyl sites for hydroxylation is 1. The molecule has 1 fully saturated rings. The second-order valence-electron chi connectivity index (χ2n) is 6.02. The van der Waals surface area contributed by atoms with Crippen LogP contribution in [0.25, 0.3) is 0 Å². The summed E-state index contributed by atoms with van der Waals surface area (Å²) < 4.78 is 5.89. The minimum absolute atomic E-state index is 0.0428. The first-order valence-electron chi connectivity index (χ1n) is 8.26. The van der Waals surface area contributed by atoms with Crippen molar-refractivity contribution in [1.82, 2.24) is 25.4 Å². The van der Waals surface area contributed by atoms with Gasteiger partial charge in [0.2, 0.25) is 0 Å². The number of likely N-dealkylation sites (tertiary alicyclic amines) is 1. The third kappa shape index (κ3) is 4.55. The minimum atomic E-state index is -0.0428. The lowest BCUT2D eigenvalue weighted by Gasteiger charge is -2.31. The highest BCUT2D eigenvalue weighted by molar-refractivity contribution is 5.74. The number of piperidine rings is 1. The highest BCUT2D eigenvalue weighted by atomic mass is 16.5. The van der Waals surface area contributed by atoms with Crippen LogP contribution >= 0.6 is 0 Å². The molecule has 1 aliphatic rings. The molecule has 0 saturated carbocycles. The molecule has 2 aromatic rings. The van der Waals surface area contributed by atoms with Crippen molar-refractivity contribution in [1.29, 1.82) is 0 Å². The summed E-state index contributed by atoms with van der Waals surface area (Å²) in [5, 5.41) is 9.89. The number of urea groups is 1. The number of amides is 2. The molecule has 128 valence electrons. The summed E-state index contributed by atoms with van der Waals surface area (Å²) in [6, 6.07) is 7.70. The number of aromatic nitrogens is 3. The zero-order chi connectivity index (χ0) is 16.8. The lowest BCUT2D eigenvalue weighted by atomic mass is 10.1. The first-order chi connectivity index (χ1) is 11.7. The van der Waals surface area contributed by atoms with Crippen LogP contribution in [0, 0.1) is 6.92 Å². The van der Waals surface area contributed by atoms with Gasteiger partial charge >= 0.3 is 6.03 Å². The Bertz CT molecular complexity index is 650. The van der Waals surface area contributed by atoms with Crippen LogP contribution in [0.4, 0.5) is 4.79 Å². The molecule has 3 heterocycles. The van der Waals surface area contributed by atoms with Crippen molar-refractivity contribution in [2.24, 2.45) is 0 Å². The summed E-state index contributed by atoms with van der Waals surface area (Å²) in [6.07, 6.45) is 3.65. The molecule has 1 saturated heterocycles. The van der Waals surface area contributed by atoms with Crippen LogP contribution in [0.1, 0.15) is 29.9 Å². The van der Waals surface area contributed by atoms with Crippen LogP contribution in [-0.4, -0.2) is 45.3 Å². The highest BCUT2D eigenvalue weighted by Crippen LogP contribution is 2.15. The van der Waals surface area contributed by atoms with Crippen LogP contribution in [0.2, 0.25) is 0 Å². The van der Waals surface area contributed by atoms with Gasteiger partial charge in [0.25, 0.3) is 0 Å². The lowest BCUT2D eigenvalue weighted by molar-refractivity contribution is 0.00305. The van der Waals surface area contributed by atoms with Gasteiger partial charge in [0, 0.05) is 25.0 Å². The Kier molecular flexibility index (Phi) is 5.43. The van der Waals surface area contributed by atoms with E-state index in [0.29, 0.717) is 26.2 Å². The number of hydrogen-bond acceptors (Lipinski definition) is 4. The fourth-order valence-electron chi connectivity index (χ4n) is 2.76. The summed E-state index contributed by atoms with van der Waals surface area (Å²) in [5.74, 6) is 0. The van der Waals surface area contributed by atoms with E-state index < -0.39 is 0 Å². The van der Waals surface area contributed by atoms with E-state index in [0.717, 1.165) is 29.9 Å². The van der Waals surface area contributed by atoms with Gasteiger partial charge in [-0.15, -0.1) is 0 Å². The Balaban J connectivity index is 1.37. The predicted octanol–water partition coefficient (Wildman–Crippen LogP) is 2.00. The summed E-state index contributed by atoms with van der Waals surface area (Å²) in [4.78, 5) is 18.3. The molecule has 0 spiro atoms. The molecule has 7 heteroatoms. The number of aromatic amines is 1. The highest BCUT2D eigenvalue weighted by Gasteiger charge is 2.23. The lowest BCUT2D eigenvalue weighted by Crippen LogP contribution is -2.45. The Morgan fingerprint density at radius 2 is 2.21 bits per heavy atom. The van der Waals surface area contributed by atoms with E-state index in [2.05, 4.69) is 20.5 Å². The Hall–Kier alpha value is -2.41. The Morgan fingerprint density at radius 3 is 2.88 bits per heavy atom. The summed E-state index contributed by atoms with van der Waals surface area (Å²) in [6.45, 7) is 4.32. The van der Waals surface area contributed by atoms with Crippen molar-refractivity contribution >= 4 is 6.03 Å². The second kappa shape index (κ2) is 7.92. The Morgan fingerprint density at radius 1 is 1.38 bits per heavy atom. The molecule has 0 aromatic carbocycles. The maximum atomic E-state index is 12.2. The van der Waals surface area contributed by atoms with Crippen LogP contribution in [0.5, 0.6) is 0 Å². The monoisotopic (exact) mass is 329 g/mol. The van der Waals surface area contributed by atoms with Gasteiger partial charge in [-0.2, -0.15) is 5.10 Å². The maximum Gasteiger partial charge on any atom is 0.317 e. The van der Waals surface area contributed by atoms with Crippen molar-refractivity contribution in [3.63, 3.8) is 0 Å². The molecule has 0 unspecified atom stereocenters. The number of H-pyrrole nitrogens is 1.